The Labute approximate surface area is 87.1 Å². The molecule has 1 aromatic heterocycles. The van der Waals surface area contributed by atoms with Crippen molar-refractivity contribution in [3.8, 4) is 0 Å². The molecule has 70 valence electrons. The first-order valence-electron chi connectivity index (χ1n) is 3.78. The lowest BCUT2D eigenvalue weighted by Gasteiger charge is -2.07. The topological polar surface area (TPSA) is 22.1 Å². The lowest BCUT2D eigenvalue weighted by Crippen LogP contribution is -1.92. The largest absolute Gasteiger partial charge is 0.494 e. The number of aromatic nitrogens is 1. The van der Waals surface area contributed by atoms with E-state index in [-0.39, 0.29) is 0 Å². The number of pyridine rings is 1. The number of ether oxygens (including phenoxy) is 1. The fourth-order valence-electron chi connectivity index (χ4n) is 0.865. The predicted octanol–water partition coefficient (Wildman–Crippen LogP) is 3.40. The van der Waals surface area contributed by atoms with Gasteiger partial charge in [-0.05, 0) is 13.0 Å². The summed E-state index contributed by atoms with van der Waals surface area (Å²) in [6.45, 7) is 6.15. The molecule has 0 aliphatic rings. The number of hydrogen-bond donors (Lipinski definition) is 0. The van der Waals surface area contributed by atoms with Gasteiger partial charge < -0.3 is 4.74 Å². The third-order valence-electron chi connectivity index (χ3n) is 1.44. The molecule has 0 fully saturated rings. The molecule has 0 atom stereocenters. The lowest BCUT2D eigenvalue weighted by molar-refractivity contribution is 0.299. The summed E-state index contributed by atoms with van der Waals surface area (Å²) in [7, 11) is 0. The quantitative estimate of drug-likeness (QED) is 0.573. The van der Waals surface area contributed by atoms with Crippen molar-refractivity contribution in [3.05, 3.63) is 34.6 Å². The van der Waals surface area contributed by atoms with E-state index in [0.29, 0.717) is 28.1 Å². The number of nitrogens with zero attached hydrogens (tertiary/aromatic N) is 1. The fourth-order valence-corrected chi connectivity index (χ4v) is 1.34. The number of rotatable bonds is 3. The molecule has 0 aliphatic carbocycles. The molecule has 0 aromatic carbocycles. The normalized spacial score (nSPS) is 9.77. The Hall–Kier alpha value is -0.730. The van der Waals surface area contributed by atoms with E-state index in [1.165, 1.54) is 0 Å². The van der Waals surface area contributed by atoms with E-state index in [9.17, 15) is 0 Å². The average molecular weight is 218 g/mol. The van der Waals surface area contributed by atoms with Crippen molar-refractivity contribution < 1.29 is 4.74 Å². The predicted molar refractivity (Wildman–Crippen MR) is 54.9 cm³/mol. The van der Waals surface area contributed by atoms with Gasteiger partial charge in [0.1, 0.15) is 10.9 Å². The molecule has 1 heterocycles. The Kier molecular flexibility index (Phi) is 3.58. The molecule has 1 rings (SSSR count). The second kappa shape index (κ2) is 4.49. The summed E-state index contributed by atoms with van der Waals surface area (Å²) in [5.74, 6) is 0.511. The van der Waals surface area contributed by atoms with Crippen LogP contribution in [0.3, 0.4) is 0 Å². The van der Waals surface area contributed by atoms with Crippen LogP contribution in [0.25, 0.3) is 5.76 Å². The zero-order valence-electron chi connectivity index (χ0n) is 7.18. The second-order valence-electron chi connectivity index (χ2n) is 2.34. The van der Waals surface area contributed by atoms with Gasteiger partial charge in [-0.15, -0.1) is 0 Å². The van der Waals surface area contributed by atoms with Gasteiger partial charge in [-0.1, -0.05) is 29.8 Å². The summed E-state index contributed by atoms with van der Waals surface area (Å²) in [6, 6.07) is 1.56. The van der Waals surface area contributed by atoms with E-state index in [2.05, 4.69) is 11.6 Å². The average Bonchev–Trinajstić information content (AvgIpc) is 2.04. The molecule has 0 amide bonds. The molecule has 0 saturated carbocycles. The minimum atomic E-state index is 0.359. The minimum Gasteiger partial charge on any atom is -0.494 e. The van der Waals surface area contributed by atoms with Crippen LogP contribution >= 0.6 is 23.2 Å². The summed E-state index contributed by atoms with van der Waals surface area (Å²) in [4.78, 5) is 3.88. The molecule has 4 heteroatoms. The Morgan fingerprint density at radius 2 is 2.31 bits per heavy atom. The van der Waals surface area contributed by atoms with E-state index < -0.39 is 0 Å². The van der Waals surface area contributed by atoms with Crippen LogP contribution in [0.5, 0.6) is 0 Å². The van der Waals surface area contributed by atoms with Crippen molar-refractivity contribution in [1.82, 2.24) is 4.98 Å². The van der Waals surface area contributed by atoms with Gasteiger partial charge in [0, 0.05) is 6.20 Å². The molecule has 0 bridgehead atoms. The Bertz CT molecular complexity index is 325. The van der Waals surface area contributed by atoms with Gasteiger partial charge in [0.15, 0.2) is 0 Å². The molecule has 0 saturated heterocycles. The highest BCUT2D eigenvalue weighted by Gasteiger charge is 2.06. The van der Waals surface area contributed by atoms with Gasteiger partial charge in [0.05, 0.1) is 17.2 Å². The van der Waals surface area contributed by atoms with Crippen LogP contribution in [-0.2, 0) is 4.74 Å². The zero-order valence-corrected chi connectivity index (χ0v) is 8.69. The van der Waals surface area contributed by atoms with Crippen LogP contribution < -0.4 is 0 Å². The molecule has 13 heavy (non-hydrogen) atoms. The van der Waals surface area contributed by atoms with Crippen LogP contribution in [0.1, 0.15) is 12.5 Å². The summed E-state index contributed by atoms with van der Waals surface area (Å²) in [6.07, 6.45) is 1.54. The summed E-state index contributed by atoms with van der Waals surface area (Å²) in [5, 5.41) is 0.858. The van der Waals surface area contributed by atoms with E-state index >= 15 is 0 Å². The maximum absolute atomic E-state index is 5.89. The van der Waals surface area contributed by atoms with Gasteiger partial charge in [-0.3, -0.25) is 0 Å². The van der Waals surface area contributed by atoms with Gasteiger partial charge in [-0.2, -0.15) is 0 Å². The van der Waals surface area contributed by atoms with Crippen molar-refractivity contribution >= 4 is 29.0 Å². The van der Waals surface area contributed by atoms with Crippen molar-refractivity contribution in [2.45, 2.75) is 6.92 Å². The van der Waals surface area contributed by atoms with Crippen LogP contribution in [0, 0.1) is 0 Å². The molecule has 0 unspecified atom stereocenters. The molecule has 1 aromatic rings. The first kappa shape index (κ1) is 10.4. The standard InChI is InChI=1S/C9H9Cl2NO/c1-3-13-6(2)7-5-12-9(11)4-8(7)10/h4-5H,2-3H2,1H3. The van der Waals surface area contributed by atoms with Gasteiger partial charge in [0.2, 0.25) is 0 Å². The zero-order chi connectivity index (χ0) is 9.84. The fraction of sp³-hybridized carbons (Fsp3) is 0.222. The second-order valence-corrected chi connectivity index (χ2v) is 3.14. The van der Waals surface area contributed by atoms with E-state index in [1.54, 1.807) is 12.3 Å². The van der Waals surface area contributed by atoms with Crippen LogP contribution in [0.4, 0.5) is 0 Å². The summed E-state index contributed by atoms with van der Waals surface area (Å²) >= 11 is 11.5. The van der Waals surface area contributed by atoms with E-state index in [1.807, 2.05) is 6.92 Å². The smallest absolute Gasteiger partial charge is 0.130 e. The minimum absolute atomic E-state index is 0.359. The van der Waals surface area contributed by atoms with Crippen LogP contribution in [-0.4, -0.2) is 11.6 Å². The molecule has 0 spiro atoms. The highest BCUT2D eigenvalue weighted by Crippen LogP contribution is 2.24. The molecule has 0 N–H and O–H groups in total. The summed E-state index contributed by atoms with van der Waals surface area (Å²) < 4.78 is 5.19. The summed E-state index contributed by atoms with van der Waals surface area (Å²) in [5.41, 5.74) is 0.674. The van der Waals surface area contributed by atoms with E-state index in [0.717, 1.165) is 0 Å². The highest BCUT2D eigenvalue weighted by molar-refractivity contribution is 6.35. The highest BCUT2D eigenvalue weighted by atomic mass is 35.5. The van der Waals surface area contributed by atoms with Crippen LogP contribution in [0.15, 0.2) is 18.8 Å². The molecule has 0 aliphatic heterocycles. The third kappa shape index (κ3) is 2.61. The van der Waals surface area contributed by atoms with Crippen molar-refractivity contribution in [3.63, 3.8) is 0 Å². The van der Waals surface area contributed by atoms with Crippen LogP contribution in [0.2, 0.25) is 10.2 Å². The van der Waals surface area contributed by atoms with Crippen molar-refractivity contribution in [2.75, 3.05) is 6.61 Å². The monoisotopic (exact) mass is 217 g/mol. The Morgan fingerprint density at radius 3 is 2.85 bits per heavy atom. The maximum atomic E-state index is 5.89. The Balaban J connectivity index is 2.95. The SMILES string of the molecule is C=C(OCC)c1cnc(Cl)cc1Cl. The lowest BCUT2D eigenvalue weighted by atomic mass is 10.2. The van der Waals surface area contributed by atoms with Crippen molar-refractivity contribution in [1.29, 1.82) is 0 Å². The number of halogens is 2. The molecular formula is C9H9Cl2NO. The van der Waals surface area contributed by atoms with Gasteiger partial charge in [-0.25, -0.2) is 4.98 Å². The molecule has 0 radical (unpaired) electrons. The third-order valence-corrected chi connectivity index (χ3v) is 1.96. The maximum Gasteiger partial charge on any atom is 0.130 e. The molecule has 2 nitrogen and oxygen atoms in total. The van der Waals surface area contributed by atoms with E-state index in [4.69, 9.17) is 27.9 Å². The molecular weight excluding hydrogens is 209 g/mol. The Morgan fingerprint density at radius 1 is 1.62 bits per heavy atom. The first-order valence-corrected chi connectivity index (χ1v) is 4.54. The van der Waals surface area contributed by atoms with Gasteiger partial charge >= 0.3 is 0 Å². The first-order chi connectivity index (χ1) is 6.15. The van der Waals surface area contributed by atoms with Crippen molar-refractivity contribution in [2.24, 2.45) is 0 Å². The van der Waals surface area contributed by atoms with Gasteiger partial charge in [0.25, 0.3) is 0 Å². The number of hydrogen-bond acceptors (Lipinski definition) is 2.